The van der Waals surface area contributed by atoms with Crippen LogP contribution in [0.15, 0.2) is 4.34 Å². The van der Waals surface area contributed by atoms with Crippen LogP contribution in [0.5, 0.6) is 0 Å². The van der Waals surface area contributed by atoms with Crippen molar-refractivity contribution in [2.75, 3.05) is 31.3 Å². The highest BCUT2D eigenvalue weighted by Gasteiger charge is 2.16. The van der Waals surface area contributed by atoms with Crippen LogP contribution in [0.4, 0.5) is 9.93 Å². The van der Waals surface area contributed by atoms with Crippen molar-refractivity contribution in [2.45, 2.75) is 30.6 Å². The Hall–Kier alpha value is -1.39. The minimum absolute atomic E-state index is 0.101. The Kier molecular flexibility index (Phi) is 7.56. The quantitative estimate of drug-likeness (QED) is 0.504. The van der Waals surface area contributed by atoms with E-state index in [0.29, 0.717) is 22.6 Å². The number of nitrogens with zero attached hydrogens (tertiary/aromatic N) is 2. The van der Waals surface area contributed by atoms with Gasteiger partial charge in [0, 0.05) is 19.2 Å². The van der Waals surface area contributed by atoms with E-state index < -0.39 is 6.03 Å². The maximum atomic E-state index is 11.7. The molecule has 22 heavy (non-hydrogen) atoms. The van der Waals surface area contributed by atoms with Crippen molar-refractivity contribution < 1.29 is 14.3 Å². The first-order valence-corrected chi connectivity index (χ1v) is 8.41. The van der Waals surface area contributed by atoms with E-state index in [1.165, 1.54) is 23.1 Å². The molecule has 0 saturated carbocycles. The summed E-state index contributed by atoms with van der Waals surface area (Å²) in [4.78, 5) is 23.2. The zero-order valence-electron chi connectivity index (χ0n) is 13.1. The number of amides is 3. The summed E-state index contributed by atoms with van der Waals surface area (Å²) in [7, 11) is 1.62. The van der Waals surface area contributed by atoms with Crippen LogP contribution < -0.4 is 16.0 Å². The Bertz CT molecular complexity index is 501. The van der Waals surface area contributed by atoms with Crippen LogP contribution in [0, 0.1) is 0 Å². The van der Waals surface area contributed by atoms with Gasteiger partial charge in [-0.1, -0.05) is 23.1 Å². The number of carbonyl (C=O) groups is 2. The van der Waals surface area contributed by atoms with Crippen molar-refractivity contribution in [1.29, 1.82) is 0 Å². The van der Waals surface area contributed by atoms with E-state index in [0.717, 1.165) is 0 Å². The van der Waals surface area contributed by atoms with E-state index in [2.05, 4.69) is 26.1 Å². The molecule has 3 amide bonds. The van der Waals surface area contributed by atoms with Crippen molar-refractivity contribution in [3.63, 3.8) is 0 Å². The number of hydrogen-bond donors (Lipinski definition) is 3. The van der Waals surface area contributed by atoms with Crippen molar-refractivity contribution in [3.05, 3.63) is 0 Å². The van der Waals surface area contributed by atoms with Gasteiger partial charge in [-0.3, -0.25) is 10.1 Å². The summed E-state index contributed by atoms with van der Waals surface area (Å²) in [6, 6.07) is -0.503. The lowest BCUT2D eigenvalue weighted by Gasteiger charge is -2.20. The number of thioether (sulfide) groups is 1. The number of hydrogen-bond acceptors (Lipinski definition) is 8. The summed E-state index contributed by atoms with van der Waals surface area (Å²) in [6.45, 7) is 6.73. The average molecular weight is 347 g/mol. The molecule has 1 aromatic rings. The van der Waals surface area contributed by atoms with Crippen LogP contribution in [0.25, 0.3) is 0 Å². The minimum atomic E-state index is -0.503. The molecule has 3 N–H and O–H groups in total. The summed E-state index contributed by atoms with van der Waals surface area (Å²) in [5.41, 5.74) is -0.389. The fourth-order valence-electron chi connectivity index (χ4n) is 1.26. The molecule has 1 aromatic heterocycles. The second-order valence-electron chi connectivity index (χ2n) is 5.33. The molecule has 0 aliphatic heterocycles. The number of anilines is 1. The number of ether oxygens (including phenoxy) is 1. The van der Waals surface area contributed by atoms with Gasteiger partial charge in [-0.2, -0.15) is 0 Å². The van der Waals surface area contributed by atoms with Gasteiger partial charge in [0.15, 0.2) is 4.34 Å². The first-order chi connectivity index (χ1) is 10.3. The van der Waals surface area contributed by atoms with Crippen molar-refractivity contribution in [1.82, 2.24) is 20.8 Å². The lowest BCUT2D eigenvalue weighted by Crippen LogP contribution is -2.48. The maximum absolute atomic E-state index is 11.7. The molecule has 0 aliphatic rings. The molecule has 124 valence electrons. The molecule has 0 atom stereocenters. The molecule has 0 radical (unpaired) electrons. The van der Waals surface area contributed by atoms with Crippen molar-refractivity contribution in [3.8, 4) is 0 Å². The molecule has 8 nitrogen and oxygen atoms in total. The minimum Gasteiger partial charge on any atom is -0.383 e. The molecule has 0 spiro atoms. The van der Waals surface area contributed by atoms with Crippen LogP contribution >= 0.6 is 23.1 Å². The smallest absolute Gasteiger partial charge is 0.321 e. The standard InChI is InChI=1S/C12H21N5O3S2/c1-12(2,3)15-9(19)14-8(18)7-21-11-17-16-10(22-11)13-5-6-20-4/h5-7H2,1-4H3,(H,13,16)(H2,14,15,18,19). The van der Waals surface area contributed by atoms with Gasteiger partial charge in [0.05, 0.1) is 12.4 Å². The van der Waals surface area contributed by atoms with Gasteiger partial charge >= 0.3 is 6.03 Å². The summed E-state index contributed by atoms with van der Waals surface area (Å²) >= 11 is 2.58. The summed E-state index contributed by atoms with van der Waals surface area (Å²) in [5, 5.41) is 16.5. The fourth-order valence-corrected chi connectivity index (χ4v) is 2.84. The van der Waals surface area contributed by atoms with Crippen LogP contribution in [0.2, 0.25) is 0 Å². The summed E-state index contributed by atoms with van der Waals surface area (Å²) in [5.74, 6) is -0.277. The predicted molar refractivity (Wildman–Crippen MR) is 87.4 cm³/mol. The van der Waals surface area contributed by atoms with Crippen molar-refractivity contribution in [2.24, 2.45) is 0 Å². The van der Waals surface area contributed by atoms with E-state index in [1.807, 2.05) is 20.8 Å². The Morgan fingerprint density at radius 3 is 2.68 bits per heavy atom. The monoisotopic (exact) mass is 347 g/mol. The summed E-state index contributed by atoms with van der Waals surface area (Å²) < 4.78 is 5.58. The van der Waals surface area contributed by atoms with Gasteiger partial charge in [0.25, 0.3) is 0 Å². The number of urea groups is 1. The van der Waals surface area contributed by atoms with Gasteiger partial charge in [0.2, 0.25) is 11.0 Å². The third-order valence-corrected chi connectivity index (χ3v) is 4.07. The first kappa shape index (κ1) is 18.7. The Morgan fingerprint density at radius 1 is 1.32 bits per heavy atom. The highest BCUT2D eigenvalue weighted by Crippen LogP contribution is 2.24. The van der Waals surface area contributed by atoms with Gasteiger partial charge in [-0.15, -0.1) is 10.2 Å². The summed E-state index contributed by atoms with van der Waals surface area (Å²) in [6.07, 6.45) is 0. The fraction of sp³-hybridized carbons (Fsp3) is 0.667. The average Bonchev–Trinajstić information content (AvgIpc) is 2.82. The number of methoxy groups -OCH3 is 1. The molecular formula is C12H21N5O3S2. The zero-order chi connectivity index (χ0) is 16.6. The molecular weight excluding hydrogens is 326 g/mol. The van der Waals surface area contributed by atoms with E-state index in [4.69, 9.17) is 4.74 Å². The topological polar surface area (TPSA) is 105 Å². The van der Waals surface area contributed by atoms with E-state index in [-0.39, 0.29) is 17.2 Å². The van der Waals surface area contributed by atoms with Crippen molar-refractivity contribution >= 4 is 40.2 Å². The molecule has 10 heteroatoms. The molecule has 1 rings (SSSR count). The number of rotatable bonds is 7. The zero-order valence-corrected chi connectivity index (χ0v) is 14.7. The Labute approximate surface area is 137 Å². The molecule has 0 aliphatic carbocycles. The van der Waals surface area contributed by atoms with Crippen LogP contribution in [0.3, 0.4) is 0 Å². The number of imide groups is 1. The molecule has 0 bridgehead atoms. The first-order valence-electron chi connectivity index (χ1n) is 6.61. The Morgan fingerprint density at radius 2 is 2.05 bits per heavy atom. The third-order valence-electron chi connectivity index (χ3n) is 2.06. The van der Waals surface area contributed by atoms with Gasteiger partial charge < -0.3 is 15.4 Å². The molecule has 0 saturated heterocycles. The highest BCUT2D eigenvalue weighted by atomic mass is 32.2. The van der Waals surface area contributed by atoms with Gasteiger partial charge in [-0.05, 0) is 20.8 Å². The second kappa shape index (κ2) is 8.91. The van der Waals surface area contributed by atoms with Gasteiger partial charge in [-0.25, -0.2) is 4.79 Å². The predicted octanol–water partition coefficient (Wildman–Crippen LogP) is 1.31. The lowest BCUT2D eigenvalue weighted by molar-refractivity contribution is -0.117. The van der Waals surface area contributed by atoms with E-state index in [9.17, 15) is 9.59 Å². The molecule has 1 heterocycles. The Balaban J connectivity index is 2.30. The largest absolute Gasteiger partial charge is 0.383 e. The maximum Gasteiger partial charge on any atom is 0.321 e. The molecule has 0 fully saturated rings. The normalized spacial score (nSPS) is 11.1. The van der Waals surface area contributed by atoms with E-state index >= 15 is 0 Å². The van der Waals surface area contributed by atoms with Crippen LogP contribution in [-0.4, -0.2) is 53.7 Å². The lowest BCUT2D eigenvalue weighted by atomic mass is 10.1. The van der Waals surface area contributed by atoms with E-state index in [1.54, 1.807) is 7.11 Å². The molecule has 0 unspecified atom stereocenters. The van der Waals surface area contributed by atoms with Crippen LogP contribution in [-0.2, 0) is 9.53 Å². The second-order valence-corrected chi connectivity index (χ2v) is 7.53. The SMILES string of the molecule is COCCNc1nnc(SCC(=O)NC(=O)NC(C)(C)C)s1. The van der Waals surface area contributed by atoms with Crippen LogP contribution in [0.1, 0.15) is 20.8 Å². The third kappa shape index (κ3) is 8.15. The van der Waals surface area contributed by atoms with Gasteiger partial charge in [0.1, 0.15) is 0 Å². The number of nitrogens with one attached hydrogen (secondary N) is 3. The number of carbonyl (C=O) groups excluding carboxylic acids is 2. The number of aromatic nitrogens is 2. The highest BCUT2D eigenvalue weighted by molar-refractivity contribution is 8.01. The molecule has 0 aromatic carbocycles.